The fraction of sp³-hybridized carbons (Fsp3) is 0.739. The van der Waals surface area contributed by atoms with Gasteiger partial charge in [-0.3, -0.25) is 0 Å². The van der Waals surface area contributed by atoms with Crippen molar-refractivity contribution in [3.05, 3.63) is 34.9 Å². The molecule has 2 N–H and O–H groups in total. The van der Waals surface area contributed by atoms with Gasteiger partial charge in [0.25, 0.3) is 0 Å². The zero-order chi connectivity index (χ0) is 17.9. The van der Waals surface area contributed by atoms with Crippen molar-refractivity contribution >= 4 is 0 Å². The molecule has 140 valence electrons. The largest absolute Gasteiger partial charge is 0.389 e. The Hall–Kier alpha value is -0.860. The van der Waals surface area contributed by atoms with E-state index in [-0.39, 0.29) is 0 Å². The lowest BCUT2D eigenvalue weighted by atomic mass is 9.71. The van der Waals surface area contributed by atoms with Crippen LogP contribution in [0.25, 0.3) is 0 Å². The first-order valence-corrected chi connectivity index (χ1v) is 10.5. The van der Waals surface area contributed by atoms with Gasteiger partial charge in [0.2, 0.25) is 0 Å². The third-order valence-corrected chi connectivity index (χ3v) is 6.82. The molecule has 2 heteroatoms. The molecule has 1 fully saturated rings. The van der Waals surface area contributed by atoms with Crippen molar-refractivity contribution in [1.29, 1.82) is 0 Å². The molecule has 25 heavy (non-hydrogen) atoms. The van der Waals surface area contributed by atoms with Gasteiger partial charge in [-0.05, 0) is 92.7 Å². The standard InChI is InChI=1S/C23H37NO/c1-17(2)19-10-12-22(13-11-19)23(3,25)16-24-15-18-8-9-20-6-4-5-7-21(20)14-18/h8-9,14,17,19,22,24-25H,4-7,10-13,15-16H2,1-3H3. The molecule has 0 heterocycles. The highest BCUT2D eigenvalue weighted by molar-refractivity contribution is 5.33. The number of aryl methyl sites for hydroxylation is 2. The van der Waals surface area contributed by atoms with Crippen molar-refractivity contribution in [1.82, 2.24) is 5.32 Å². The van der Waals surface area contributed by atoms with E-state index in [1.54, 1.807) is 11.1 Å². The Morgan fingerprint density at radius 1 is 1.08 bits per heavy atom. The second-order valence-corrected chi connectivity index (χ2v) is 9.13. The predicted octanol–water partition coefficient (Wildman–Crippen LogP) is 4.87. The molecular weight excluding hydrogens is 306 g/mol. The summed E-state index contributed by atoms with van der Waals surface area (Å²) in [5, 5.41) is 14.5. The molecule has 0 spiro atoms. The summed E-state index contributed by atoms with van der Waals surface area (Å²) in [4.78, 5) is 0. The Balaban J connectivity index is 1.48. The summed E-state index contributed by atoms with van der Waals surface area (Å²) in [5.74, 6) is 2.09. The van der Waals surface area contributed by atoms with Crippen LogP contribution in [0.2, 0.25) is 0 Å². The smallest absolute Gasteiger partial charge is 0.0771 e. The lowest BCUT2D eigenvalue weighted by Gasteiger charge is -2.39. The minimum Gasteiger partial charge on any atom is -0.389 e. The Bertz CT molecular complexity index is 555. The van der Waals surface area contributed by atoms with Crippen LogP contribution >= 0.6 is 0 Å². The molecule has 2 aliphatic rings. The monoisotopic (exact) mass is 343 g/mol. The average Bonchev–Trinajstić information content (AvgIpc) is 2.61. The van der Waals surface area contributed by atoms with Crippen LogP contribution < -0.4 is 5.32 Å². The molecule has 0 saturated heterocycles. The van der Waals surface area contributed by atoms with Crippen LogP contribution in [-0.2, 0) is 19.4 Å². The van der Waals surface area contributed by atoms with E-state index in [0.29, 0.717) is 12.5 Å². The fourth-order valence-corrected chi connectivity index (χ4v) is 4.91. The van der Waals surface area contributed by atoms with Gasteiger partial charge in [-0.25, -0.2) is 0 Å². The predicted molar refractivity (Wildman–Crippen MR) is 106 cm³/mol. The Morgan fingerprint density at radius 3 is 2.44 bits per heavy atom. The molecule has 1 unspecified atom stereocenters. The molecule has 1 aromatic carbocycles. The maximum Gasteiger partial charge on any atom is 0.0771 e. The molecule has 3 rings (SSSR count). The molecule has 1 aromatic rings. The number of fused-ring (bicyclic) bond motifs is 1. The first kappa shape index (κ1) is 18.9. The molecule has 0 aliphatic heterocycles. The van der Waals surface area contributed by atoms with E-state index in [4.69, 9.17) is 0 Å². The lowest BCUT2D eigenvalue weighted by Crippen LogP contribution is -2.45. The molecule has 1 atom stereocenters. The van der Waals surface area contributed by atoms with Gasteiger partial charge in [0, 0.05) is 13.1 Å². The summed E-state index contributed by atoms with van der Waals surface area (Å²) < 4.78 is 0. The summed E-state index contributed by atoms with van der Waals surface area (Å²) >= 11 is 0. The number of rotatable bonds is 6. The van der Waals surface area contributed by atoms with Crippen LogP contribution in [0.5, 0.6) is 0 Å². The van der Waals surface area contributed by atoms with E-state index in [2.05, 4.69) is 37.4 Å². The summed E-state index contributed by atoms with van der Waals surface area (Å²) in [6, 6.07) is 6.96. The third kappa shape index (κ3) is 4.86. The van der Waals surface area contributed by atoms with E-state index in [0.717, 1.165) is 18.4 Å². The molecule has 1 saturated carbocycles. The summed E-state index contributed by atoms with van der Waals surface area (Å²) in [6.07, 6.45) is 10.1. The van der Waals surface area contributed by atoms with Crippen molar-refractivity contribution in [3.63, 3.8) is 0 Å². The first-order chi connectivity index (χ1) is 12.0. The van der Waals surface area contributed by atoms with Crippen molar-refractivity contribution in [3.8, 4) is 0 Å². The normalized spacial score (nSPS) is 26.3. The Morgan fingerprint density at radius 2 is 1.76 bits per heavy atom. The fourth-order valence-electron chi connectivity index (χ4n) is 4.91. The zero-order valence-corrected chi connectivity index (χ0v) is 16.5. The van der Waals surface area contributed by atoms with E-state index >= 15 is 0 Å². The molecule has 0 aromatic heterocycles. The van der Waals surface area contributed by atoms with Gasteiger partial charge in [-0.15, -0.1) is 0 Å². The van der Waals surface area contributed by atoms with Crippen LogP contribution in [0.3, 0.4) is 0 Å². The van der Waals surface area contributed by atoms with E-state index in [9.17, 15) is 5.11 Å². The van der Waals surface area contributed by atoms with Crippen LogP contribution in [0, 0.1) is 17.8 Å². The summed E-state index contributed by atoms with van der Waals surface area (Å²) in [5.41, 5.74) is 3.86. The molecule has 0 amide bonds. The third-order valence-electron chi connectivity index (χ3n) is 6.82. The lowest BCUT2D eigenvalue weighted by molar-refractivity contribution is -0.0240. The first-order valence-electron chi connectivity index (χ1n) is 10.5. The Labute approximate surface area is 154 Å². The van der Waals surface area contributed by atoms with Gasteiger partial charge in [0.15, 0.2) is 0 Å². The van der Waals surface area contributed by atoms with Crippen molar-refractivity contribution in [2.75, 3.05) is 6.54 Å². The number of hydrogen-bond acceptors (Lipinski definition) is 2. The van der Waals surface area contributed by atoms with Gasteiger partial charge >= 0.3 is 0 Å². The minimum atomic E-state index is -0.587. The molecule has 0 radical (unpaired) electrons. The van der Waals surface area contributed by atoms with Crippen LogP contribution in [0.15, 0.2) is 18.2 Å². The minimum absolute atomic E-state index is 0.443. The second-order valence-electron chi connectivity index (χ2n) is 9.13. The number of benzene rings is 1. The topological polar surface area (TPSA) is 32.3 Å². The average molecular weight is 344 g/mol. The number of aliphatic hydroxyl groups is 1. The summed E-state index contributed by atoms with van der Waals surface area (Å²) in [7, 11) is 0. The second kappa shape index (κ2) is 8.22. The SMILES string of the molecule is CC(C)C1CCC(C(C)(O)CNCc2ccc3c(c2)CCCC3)CC1. The van der Waals surface area contributed by atoms with Gasteiger partial charge in [-0.1, -0.05) is 32.0 Å². The summed E-state index contributed by atoms with van der Waals surface area (Å²) in [6.45, 7) is 8.27. The van der Waals surface area contributed by atoms with E-state index < -0.39 is 5.60 Å². The van der Waals surface area contributed by atoms with Crippen LogP contribution in [-0.4, -0.2) is 17.3 Å². The highest BCUT2D eigenvalue weighted by Gasteiger charge is 2.35. The van der Waals surface area contributed by atoms with Crippen LogP contribution in [0.1, 0.15) is 76.0 Å². The van der Waals surface area contributed by atoms with Gasteiger partial charge in [0.1, 0.15) is 0 Å². The quantitative estimate of drug-likeness (QED) is 0.772. The van der Waals surface area contributed by atoms with Crippen LogP contribution in [0.4, 0.5) is 0 Å². The van der Waals surface area contributed by atoms with Crippen molar-refractivity contribution in [2.24, 2.45) is 17.8 Å². The molecule has 2 nitrogen and oxygen atoms in total. The van der Waals surface area contributed by atoms with Crippen molar-refractivity contribution < 1.29 is 5.11 Å². The highest BCUT2D eigenvalue weighted by atomic mass is 16.3. The zero-order valence-electron chi connectivity index (χ0n) is 16.5. The van der Waals surface area contributed by atoms with E-state index in [1.807, 2.05) is 6.92 Å². The maximum atomic E-state index is 11.0. The Kier molecular flexibility index (Phi) is 6.22. The van der Waals surface area contributed by atoms with E-state index in [1.165, 1.54) is 56.9 Å². The number of hydrogen-bond donors (Lipinski definition) is 2. The molecule has 2 aliphatic carbocycles. The molecule has 0 bridgehead atoms. The van der Waals surface area contributed by atoms with Crippen molar-refractivity contribution in [2.45, 2.75) is 84.3 Å². The number of nitrogens with one attached hydrogen (secondary N) is 1. The van der Waals surface area contributed by atoms with Gasteiger partial charge in [-0.2, -0.15) is 0 Å². The van der Waals surface area contributed by atoms with Gasteiger partial charge < -0.3 is 10.4 Å². The maximum absolute atomic E-state index is 11.0. The highest BCUT2D eigenvalue weighted by Crippen LogP contribution is 2.38. The molecular formula is C23H37NO. The van der Waals surface area contributed by atoms with Gasteiger partial charge in [0.05, 0.1) is 5.60 Å².